The van der Waals surface area contributed by atoms with E-state index in [0.717, 1.165) is 22.1 Å². The topological polar surface area (TPSA) is 39.4 Å². The molecule has 1 aliphatic heterocycles. The zero-order valence-corrected chi connectivity index (χ0v) is 16.2. The Morgan fingerprint density at radius 2 is 1.70 bits per heavy atom. The molecule has 0 unspecified atom stereocenters. The van der Waals surface area contributed by atoms with Crippen LogP contribution in [-0.2, 0) is 0 Å². The Labute approximate surface area is 172 Å². The number of furan rings is 1. The first-order chi connectivity index (χ1) is 14.5. The van der Waals surface area contributed by atoms with Crippen LogP contribution in [0.1, 0.15) is 28.6 Å². The fourth-order valence-electron chi connectivity index (χ4n) is 3.83. The van der Waals surface area contributed by atoms with Gasteiger partial charge in [-0.15, -0.1) is 0 Å². The van der Waals surface area contributed by atoms with Crippen LogP contribution in [-0.4, -0.2) is 5.78 Å². The molecule has 3 aromatic carbocycles. The summed E-state index contributed by atoms with van der Waals surface area (Å²) in [6, 6.07) is 18.8. The Morgan fingerprint density at radius 1 is 0.967 bits per heavy atom. The lowest BCUT2D eigenvalue weighted by Crippen LogP contribution is -2.03. The molecule has 0 N–H and O–H groups in total. The highest BCUT2D eigenvalue weighted by atomic mass is 19.1. The first-order valence-corrected chi connectivity index (χ1v) is 9.53. The summed E-state index contributed by atoms with van der Waals surface area (Å²) in [4.78, 5) is 13.3. The van der Waals surface area contributed by atoms with Crippen LogP contribution in [0.3, 0.4) is 0 Å². The molecule has 4 aromatic rings. The average Bonchev–Trinajstić information content (AvgIpc) is 3.14. The van der Waals surface area contributed by atoms with Crippen molar-refractivity contribution in [2.75, 3.05) is 0 Å². The maximum atomic E-state index is 13.4. The van der Waals surface area contributed by atoms with Crippen molar-refractivity contribution < 1.29 is 18.3 Å². The van der Waals surface area contributed by atoms with E-state index in [2.05, 4.69) is 6.58 Å². The molecule has 0 atom stereocenters. The van der Waals surface area contributed by atoms with Gasteiger partial charge in [-0.3, -0.25) is 4.79 Å². The third-order valence-corrected chi connectivity index (χ3v) is 5.22. The minimum atomic E-state index is -0.400. The second-order valence-electron chi connectivity index (χ2n) is 7.22. The average molecular weight is 396 g/mol. The Bertz CT molecular complexity index is 1340. The third kappa shape index (κ3) is 2.85. The van der Waals surface area contributed by atoms with Crippen LogP contribution in [0.25, 0.3) is 27.7 Å². The SMILES string of the molecule is C=C1C=C(C)c2ccc3oc(C(=O)c4ccc(F)cc4)c(-c4ccccc4)c3c2O1. The number of ether oxygens (including phenoxy) is 1. The summed E-state index contributed by atoms with van der Waals surface area (Å²) in [7, 11) is 0. The van der Waals surface area contributed by atoms with Crippen molar-refractivity contribution in [3.8, 4) is 16.9 Å². The monoisotopic (exact) mass is 396 g/mol. The Balaban J connectivity index is 1.83. The Hall–Kier alpha value is -3.92. The van der Waals surface area contributed by atoms with Gasteiger partial charge in [0, 0.05) is 16.7 Å². The van der Waals surface area contributed by atoms with Gasteiger partial charge in [-0.05, 0) is 60.5 Å². The van der Waals surface area contributed by atoms with E-state index in [1.54, 1.807) is 0 Å². The number of hydrogen-bond donors (Lipinski definition) is 0. The van der Waals surface area contributed by atoms with Gasteiger partial charge in [0.05, 0.1) is 5.39 Å². The third-order valence-electron chi connectivity index (χ3n) is 5.22. The minimum absolute atomic E-state index is 0.192. The van der Waals surface area contributed by atoms with E-state index >= 15 is 0 Å². The number of rotatable bonds is 3. The van der Waals surface area contributed by atoms with Gasteiger partial charge < -0.3 is 9.15 Å². The molecular formula is C26H17FO3. The van der Waals surface area contributed by atoms with Crippen molar-refractivity contribution in [2.45, 2.75) is 6.92 Å². The highest BCUT2D eigenvalue weighted by molar-refractivity contribution is 6.17. The van der Waals surface area contributed by atoms with Crippen LogP contribution >= 0.6 is 0 Å². The molecule has 1 aliphatic rings. The molecule has 146 valence electrons. The van der Waals surface area contributed by atoms with Gasteiger partial charge in [0.1, 0.15) is 22.9 Å². The number of carbonyl (C=O) groups excluding carboxylic acids is 1. The van der Waals surface area contributed by atoms with E-state index < -0.39 is 5.82 Å². The highest BCUT2D eigenvalue weighted by Crippen LogP contribution is 2.46. The molecule has 0 saturated heterocycles. The summed E-state index contributed by atoms with van der Waals surface area (Å²) in [6.45, 7) is 5.93. The van der Waals surface area contributed by atoms with E-state index in [9.17, 15) is 9.18 Å². The van der Waals surface area contributed by atoms with Gasteiger partial charge in [-0.2, -0.15) is 0 Å². The van der Waals surface area contributed by atoms with Gasteiger partial charge in [0.15, 0.2) is 5.76 Å². The second kappa shape index (κ2) is 6.85. The number of carbonyl (C=O) groups is 1. The summed E-state index contributed by atoms with van der Waals surface area (Å²) >= 11 is 0. The van der Waals surface area contributed by atoms with E-state index in [-0.39, 0.29) is 11.5 Å². The van der Waals surface area contributed by atoms with Crippen molar-refractivity contribution in [2.24, 2.45) is 0 Å². The highest BCUT2D eigenvalue weighted by Gasteiger charge is 2.28. The number of ketones is 1. The quantitative estimate of drug-likeness (QED) is 0.358. The van der Waals surface area contributed by atoms with E-state index in [0.29, 0.717) is 28.2 Å². The predicted molar refractivity (Wildman–Crippen MR) is 115 cm³/mol. The van der Waals surface area contributed by atoms with Crippen LogP contribution in [0, 0.1) is 5.82 Å². The zero-order chi connectivity index (χ0) is 20.8. The first kappa shape index (κ1) is 18.1. The number of allylic oxidation sites excluding steroid dienone is 2. The molecule has 4 heteroatoms. The zero-order valence-electron chi connectivity index (χ0n) is 16.2. The van der Waals surface area contributed by atoms with Gasteiger partial charge >= 0.3 is 0 Å². The number of hydrogen-bond acceptors (Lipinski definition) is 3. The smallest absolute Gasteiger partial charge is 0.228 e. The lowest BCUT2D eigenvalue weighted by atomic mass is 9.94. The maximum Gasteiger partial charge on any atom is 0.228 e. The van der Waals surface area contributed by atoms with Crippen molar-refractivity contribution in [1.29, 1.82) is 0 Å². The van der Waals surface area contributed by atoms with Crippen molar-refractivity contribution in [3.05, 3.63) is 108 Å². The molecule has 2 heterocycles. The molecule has 5 rings (SSSR count). The summed E-state index contributed by atoms with van der Waals surface area (Å²) < 4.78 is 25.4. The second-order valence-corrected chi connectivity index (χ2v) is 7.22. The molecule has 3 nitrogen and oxygen atoms in total. The van der Waals surface area contributed by atoms with E-state index in [4.69, 9.17) is 9.15 Å². The van der Waals surface area contributed by atoms with E-state index in [1.165, 1.54) is 24.3 Å². The van der Waals surface area contributed by atoms with Crippen LogP contribution in [0.15, 0.2) is 89.6 Å². The summed E-state index contributed by atoms with van der Waals surface area (Å²) in [6.07, 6.45) is 1.88. The number of benzene rings is 3. The van der Waals surface area contributed by atoms with Gasteiger partial charge in [0.2, 0.25) is 5.78 Å². The standard InChI is InChI=1S/C26H17FO3/c1-15-14-16(2)29-25-20(15)12-13-21-23(25)22(17-6-4-3-5-7-17)26(30-21)24(28)18-8-10-19(27)11-9-18/h3-14H,2H2,1H3. The van der Waals surface area contributed by atoms with E-state index in [1.807, 2.05) is 55.5 Å². The van der Waals surface area contributed by atoms with Crippen molar-refractivity contribution >= 4 is 22.3 Å². The Kier molecular flexibility index (Phi) is 4.14. The molecule has 1 aromatic heterocycles. The summed E-state index contributed by atoms with van der Waals surface area (Å²) in [5, 5.41) is 0.720. The number of halogens is 1. The summed E-state index contributed by atoms with van der Waals surface area (Å²) in [5.74, 6) is 0.624. The fraction of sp³-hybridized carbons (Fsp3) is 0.0385. The molecule has 0 radical (unpaired) electrons. The normalized spacial score (nSPS) is 13.0. The van der Waals surface area contributed by atoms with Gasteiger partial charge in [-0.25, -0.2) is 4.39 Å². The molecule has 0 bridgehead atoms. The first-order valence-electron chi connectivity index (χ1n) is 9.53. The van der Waals surface area contributed by atoms with Gasteiger partial charge in [-0.1, -0.05) is 36.9 Å². The predicted octanol–water partition coefficient (Wildman–Crippen LogP) is 6.78. The number of fused-ring (bicyclic) bond motifs is 3. The van der Waals surface area contributed by atoms with Crippen LogP contribution in [0.2, 0.25) is 0 Å². The maximum absolute atomic E-state index is 13.4. The Morgan fingerprint density at radius 3 is 2.43 bits per heavy atom. The molecule has 0 amide bonds. The van der Waals surface area contributed by atoms with Crippen molar-refractivity contribution in [3.63, 3.8) is 0 Å². The molecule has 30 heavy (non-hydrogen) atoms. The van der Waals surface area contributed by atoms with Gasteiger partial charge in [0.25, 0.3) is 0 Å². The summed E-state index contributed by atoms with van der Waals surface area (Å²) in [5.41, 5.74) is 4.32. The molecule has 0 spiro atoms. The largest absolute Gasteiger partial charge is 0.457 e. The van der Waals surface area contributed by atoms with Crippen LogP contribution < -0.4 is 4.74 Å². The molecular weight excluding hydrogens is 379 g/mol. The van der Waals surface area contributed by atoms with Crippen LogP contribution in [0.5, 0.6) is 5.75 Å². The molecule has 0 fully saturated rings. The lowest BCUT2D eigenvalue weighted by molar-refractivity contribution is 0.101. The molecule has 0 saturated carbocycles. The molecule has 0 aliphatic carbocycles. The van der Waals surface area contributed by atoms with Crippen LogP contribution in [0.4, 0.5) is 4.39 Å². The fourth-order valence-corrected chi connectivity index (χ4v) is 3.83. The lowest BCUT2D eigenvalue weighted by Gasteiger charge is -2.18. The minimum Gasteiger partial charge on any atom is -0.457 e. The van der Waals surface area contributed by atoms with Crippen molar-refractivity contribution in [1.82, 2.24) is 0 Å².